The molecule has 1 unspecified atom stereocenters. The van der Waals surface area contributed by atoms with Gasteiger partial charge in [0, 0.05) is 0 Å². The van der Waals surface area contributed by atoms with Crippen LogP contribution in [-0.4, -0.2) is 12.2 Å². The van der Waals surface area contributed by atoms with Gasteiger partial charge in [0.1, 0.15) is 0 Å². The van der Waals surface area contributed by atoms with E-state index in [-0.39, 0.29) is 0 Å². The molecular formula is C11H22O. The SMILES string of the molecule is CC(C)C(C)[C@@H]1CCC[C@H](C)O1. The van der Waals surface area contributed by atoms with Gasteiger partial charge in [-0.15, -0.1) is 0 Å². The third kappa shape index (κ3) is 2.48. The van der Waals surface area contributed by atoms with Gasteiger partial charge in [-0.2, -0.15) is 0 Å². The monoisotopic (exact) mass is 170 g/mol. The first-order chi connectivity index (χ1) is 5.61. The van der Waals surface area contributed by atoms with Crippen LogP contribution >= 0.6 is 0 Å². The van der Waals surface area contributed by atoms with Gasteiger partial charge in [0.25, 0.3) is 0 Å². The molecule has 0 N–H and O–H groups in total. The molecule has 0 aromatic carbocycles. The normalized spacial score (nSPS) is 33.8. The van der Waals surface area contributed by atoms with Crippen molar-refractivity contribution < 1.29 is 4.74 Å². The van der Waals surface area contributed by atoms with E-state index < -0.39 is 0 Å². The molecule has 1 nitrogen and oxygen atoms in total. The van der Waals surface area contributed by atoms with Crippen LogP contribution in [0.5, 0.6) is 0 Å². The number of hydrogen-bond donors (Lipinski definition) is 0. The van der Waals surface area contributed by atoms with E-state index >= 15 is 0 Å². The predicted octanol–water partition coefficient (Wildman–Crippen LogP) is 3.24. The van der Waals surface area contributed by atoms with Crippen molar-refractivity contribution in [2.75, 3.05) is 0 Å². The molecule has 0 bridgehead atoms. The maximum atomic E-state index is 5.91. The molecule has 0 radical (unpaired) electrons. The third-order valence-corrected chi connectivity index (χ3v) is 3.14. The lowest BCUT2D eigenvalue weighted by molar-refractivity contribution is -0.0738. The van der Waals surface area contributed by atoms with Crippen LogP contribution in [0, 0.1) is 11.8 Å². The summed E-state index contributed by atoms with van der Waals surface area (Å²) in [6, 6.07) is 0. The Morgan fingerprint density at radius 3 is 2.33 bits per heavy atom. The van der Waals surface area contributed by atoms with Crippen molar-refractivity contribution in [2.24, 2.45) is 11.8 Å². The lowest BCUT2D eigenvalue weighted by Crippen LogP contribution is -2.32. The molecule has 0 spiro atoms. The Labute approximate surface area is 76.5 Å². The van der Waals surface area contributed by atoms with Gasteiger partial charge in [0.15, 0.2) is 0 Å². The summed E-state index contributed by atoms with van der Waals surface area (Å²) < 4.78 is 5.91. The van der Waals surface area contributed by atoms with E-state index in [0.29, 0.717) is 18.1 Å². The van der Waals surface area contributed by atoms with Gasteiger partial charge < -0.3 is 4.74 Å². The highest BCUT2D eigenvalue weighted by Crippen LogP contribution is 2.27. The fourth-order valence-electron chi connectivity index (χ4n) is 1.86. The maximum Gasteiger partial charge on any atom is 0.0606 e. The molecule has 1 aliphatic rings. The summed E-state index contributed by atoms with van der Waals surface area (Å²) >= 11 is 0. The summed E-state index contributed by atoms with van der Waals surface area (Å²) in [6.45, 7) is 9.08. The molecule has 0 aromatic rings. The van der Waals surface area contributed by atoms with Crippen molar-refractivity contribution in [1.29, 1.82) is 0 Å². The van der Waals surface area contributed by atoms with Crippen molar-refractivity contribution >= 4 is 0 Å². The van der Waals surface area contributed by atoms with Crippen molar-refractivity contribution in [3.8, 4) is 0 Å². The highest BCUT2D eigenvalue weighted by molar-refractivity contribution is 4.74. The summed E-state index contributed by atoms with van der Waals surface area (Å²) in [7, 11) is 0. The molecule has 72 valence electrons. The second kappa shape index (κ2) is 4.27. The van der Waals surface area contributed by atoms with Gasteiger partial charge in [-0.25, -0.2) is 0 Å². The summed E-state index contributed by atoms with van der Waals surface area (Å²) in [5, 5.41) is 0. The van der Waals surface area contributed by atoms with Crippen LogP contribution in [-0.2, 0) is 4.74 Å². The minimum Gasteiger partial charge on any atom is -0.375 e. The Morgan fingerprint density at radius 1 is 1.17 bits per heavy atom. The smallest absolute Gasteiger partial charge is 0.0606 e. The van der Waals surface area contributed by atoms with Crippen LogP contribution in [0.4, 0.5) is 0 Å². The quantitative estimate of drug-likeness (QED) is 0.618. The highest BCUT2D eigenvalue weighted by atomic mass is 16.5. The van der Waals surface area contributed by atoms with Crippen LogP contribution in [0.25, 0.3) is 0 Å². The van der Waals surface area contributed by atoms with Crippen molar-refractivity contribution in [1.82, 2.24) is 0 Å². The van der Waals surface area contributed by atoms with Crippen LogP contribution in [0.2, 0.25) is 0 Å². The molecule has 0 amide bonds. The van der Waals surface area contributed by atoms with E-state index in [2.05, 4.69) is 27.7 Å². The molecule has 0 aliphatic carbocycles. The van der Waals surface area contributed by atoms with Gasteiger partial charge in [-0.3, -0.25) is 0 Å². The zero-order chi connectivity index (χ0) is 9.14. The summed E-state index contributed by atoms with van der Waals surface area (Å²) in [5.74, 6) is 1.47. The second-order valence-corrected chi connectivity index (χ2v) is 4.52. The molecule has 3 atom stereocenters. The molecular weight excluding hydrogens is 148 g/mol. The van der Waals surface area contributed by atoms with Crippen LogP contribution < -0.4 is 0 Å². The highest BCUT2D eigenvalue weighted by Gasteiger charge is 2.25. The van der Waals surface area contributed by atoms with E-state index in [1.165, 1.54) is 19.3 Å². The zero-order valence-electron chi connectivity index (χ0n) is 8.84. The van der Waals surface area contributed by atoms with Crippen LogP contribution in [0.15, 0.2) is 0 Å². The maximum absolute atomic E-state index is 5.91. The van der Waals surface area contributed by atoms with Gasteiger partial charge in [-0.1, -0.05) is 20.8 Å². The first-order valence-corrected chi connectivity index (χ1v) is 5.26. The molecule has 1 fully saturated rings. The van der Waals surface area contributed by atoms with E-state index in [1.807, 2.05) is 0 Å². The van der Waals surface area contributed by atoms with E-state index in [1.54, 1.807) is 0 Å². The Morgan fingerprint density at radius 2 is 1.83 bits per heavy atom. The first kappa shape index (κ1) is 10.0. The minimum absolute atomic E-state index is 0.491. The minimum atomic E-state index is 0.491. The largest absolute Gasteiger partial charge is 0.375 e. The molecule has 1 heterocycles. The van der Waals surface area contributed by atoms with Gasteiger partial charge in [-0.05, 0) is 38.0 Å². The van der Waals surface area contributed by atoms with E-state index in [0.717, 1.165) is 5.92 Å². The Hall–Kier alpha value is -0.0400. The van der Waals surface area contributed by atoms with E-state index in [9.17, 15) is 0 Å². The Bertz CT molecular complexity index is 131. The molecule has 1 rings (SSSR count). The lowest BCUT2D eigenvalue weighted by Gasteiger charge is -2.33. The van der Waals surface area contributed by atoms with Crippen molar-refractivity contribution in [3.63, 3.8) is 0 Å². The molecule has 0 aromatic heterocycles. The third-order valence-electron chi connectivity index (χ3n) is 3.14. The van der Waals surface area contributed by atoms with Gasteiger partial charge in [0.2, 0.25) is 0 Å². The lowest BCUT2D eigenvalue weighted by atomic mass is 9.87. The fourth-order valence-corrected chi connectivity index (χ4v) is 1.86. The molecule has 1 aliphatic heterocycles. The Balaban J connectivity index is 2.40. The van der Waals surface area contributed by atoms with Crippen LogP contribution in [0.3, 0.4) is 0 Å². The number of rotatable bonds is 2. The van der Waals surface area contributed by atoms with Crippen LogP contribution in [0.1, 0.15) is 47.0 Å². The van der Waals surface area contributed by atoms with Gasteiger partial charge >= 0.3 is 0 Å². The van der Waals surface area contributed by atoms with Gasteiger partial charge in [0.05, 0.1) is 12.2 Å². The summed E-state index contributed by atoms with van der Waals surface area (Å²) in [5.41, 5.74) is 0. The molecule has 1 heteroatoms. The zero-order valence-corrected chi connectivity index (χ0v) is 8.84. The topological polar surface area (TPSA) is 9.23 Å². The molecule has 1 saturated heterocycles. The second-order valence-electron chi connectivity index (χ2n) is 4.52. The average molecular weight is 170 g/mol. The fraction of sp³-hybridized carbons (Fsp3) is 1.00. The average Bonchev–Trinajstić information content (AvgIpc) is 2.03. The van der Waals surface area contributed by atoms with Crippen molar-refractivity contribution in [2.45, 2.75) is 59.2 Å². The predicted molar refractivity (Wildman–Crippen MR) is 52.2 cm³/mol. The number of hydrogen-bond acceptors (Lipinski definition) is 1. The van der Waals surface area contributed by atoms with E-state index in [4.69, 9.17) is 4.74 Å². The first-order valence-electron chi connectivity index (χ1n) is 5.26. The molecule has 12 heavy (non-hydrogen) atoms. The van der Waals surface area contributed by atoms with Crippen molar-refractivity contribution in [3.05, 3.63) is 0 Å². The standard InChI is InChI=1S/C11H22O/c1-8(2)10(4)11-7-5-6-9(3)12-11/h8-11H,5-7H2,1-4H3/t9-,10?,11-/m0/s1. The summed E-state index contributed by atoms with van der Waals surface area (Å²) in [6.07, 6.45) is 4.88. The summed E-state index contributed by atoms with van der Waals surface area (Å²) in [4.78, 5) is 0. The number of ether oxygens (including phenoxy) is 1. The Kier molecular flexibility index (Phi) is 3.57. The molecule has 0 saturated carbocycles.